The number of rotatable bonds is 5. The van der Waals surface area contributed by atoms with E-state index >= 15 is 0 Å². The number of hydrogen-bond acceptors (Lipinski definition) is 7. The molecule has 1 heterocycles. The number of benzene rings is 1. The molecule has 0 bridgehead atoms. The minimum Gasteiger partial charge on any atom is -0.459 e. The first-order valence-corrected chi connectivity index (χ1v) is 7.51. The van der Waals surface area contributed by atoms with Crippen LogP contribution in [0.1, 0.15) is 31.1 Å². The molecule has 0 spiro atoms. The molecule has 130 valence electrons. The van der Waals surface area contributed by atoms with Crippen LogP contribution in [0.25, 0.3) is 0 Å². The molecular weight excluding hydrogens is 316 g/mol. The number of aliphatic hydroxyl groups is 2. The average molecular weight is 336 g/mol. The molecule has 0 amide bonds. The maximum atomic E-state index is 12.0. The van der Waals surface area contributed by atoms with Crippen molar-refractivity contribution < 1.29 is 34.1 Å². The van der Waals surface area contributed by atoms with Crippen molar-refractivity contribution in [1.82, 2.24) is 0 Å². The first kappa shape index (κ1) is 18.3. The molecule has 0 radical (unpaired) electrons. The summed E-state index contributed by atoms with van der Waals surface area (Å²) in [4.78, 5) is 35.6. The fourth-order valence-corrected chi connectivity index (χ4v) is 2.89. The van der Waals surface area contributed by atoms with Crippen molar-refractivity contribution in [3.63, 3.8) is 0 Å². The highest BCUT2D eigenvalue weighted by Gasteiger charge is 2.68. The second kappa shape index (κ2) is 6.43. The molecule has 7 nitrogen and oxygen atoms in total. The van der Waals surface area contributed by atoms with E-state index in [9.17, 15) is 24.6 Å². The molecule has 24 heavy (non-hydrogen) atoms. The summed E-state index contributed by atoms with van der Waals surface area (Å²) in [6.45, 7) is 3.20. The van der Waals surface area contributed by atoms with E-state index in [0.717, 1.165) is 13.8 Å². The molecule has 0 unspecified atom stereocenters. The summed E-state index contributed by atoms with van der Waals surface area (Å²) >= 11 is 0. The van der Waals surface area contributed by atoms with Crippen molar-refractivity contribution in [1.29, 1.82) is 0 Å². The van der Waals surface area contributed by atoms with Gasteiger partial charge in [0.15, 0.2) is 17.2 Å². The lowest BCUT2D eigenvalue weighted by Crippen LogP contribution is -2.62. The molecule has 0 aliphatic carbocycles. The van der Waals surface area contributed by atoms with Gasteiger partial charge in [-0.15, -0.1) is 0 Å². The van der Waals surface area contributed by atoms with Crippen LogP contribution in [0.4, 0.5) is 0 Å². The lowest BCUT2D eigenvalue weighted by atomic mass is 9.77. The molecule has 2 N–H and O–H groups in total. The van der Waals surface area contributed by atoms with Crippen molar-refractivity contribution in [2.24, 2.45) is 5.92 Å². The summed E-state index contributed by atoms with van der Waals surface area (Å²) in [5.74, 6) is -5.93. The van der Waals surface area contributed by atoms with E-state index in [-0.39, 0.29) is 6.61 Å². The molecule has 2 rings (SSSR count). The van der Waals surface area contributed by atoms with Crippen LogP contribution in [0.3, 0.4) is 0 Å². The van der Waals surface area contributed by atoms with E-state index in [1.165, 1.54) is 6.92 Å². The number of carbonyl (C=O) groups is 3. The monoisotopic (exact) mass is 336 g/mol. The van der Waals surface area contributed by atoms with E-state index in [2.05, 4.69) is 0 Å². The predicted octanol–water partition coefficient (Wildman–Crippen LogP) is 0.476. The second-order valence-electron chi connectivity index (χ2n) is 5.93. The molecular formula is C17H20O7. The molecule has 1 aliphatic heterocycles. The standard InChI is InChI=1S/C17H20O7/c1-10-14(9-23-15(20)13-7-5-4-6-8-13)24-17(22,12(3)19)16(10,21)11(2)18/h4-8,10,14,21-22H,9H2,1-3H3/t10-,14-,16+,17+/m1/s1. The maximum Gasteiger partial charge on any atom is 0.338 e. The quantitative estimate of drug-likeness (QED) is 0.752. The minimum atomic E-state index is -2.66. The first-order chi connectivity index (χ1) is 11.1. The van der Waals surface area contributed by atoms with E-state index in [1.54, 1.807) is 30.3 Å². The van der Waals surface area contributed by atoms with Crippen molar-refractivity contribution in [3.8, 4) is 0 Å². The topological polar surface area (TPSA) is 110 Å². The molecule has 7 heteroatoms. The van der Waals surface area contributed by atoms with Crippen LogP contribution in [-0.2, 0) is 19.1 Å². The Kier molecular flexibility index (Phi) is 4.89. The van der Waals surface area contributed by atoms with Crippen LogP contribution in [0.15, 0.2) is 30.3 Å². The third kappa shape index (κ3) is 2.75. The Bertz CT molecular complexity index is 656. The summed E-state index contributed by atoms with van der Waals surface area (Å²) in [6.07, 6.45) is -1.01. The van der Waals surface area contributed by atoms with Gasteiger partial charge in [0.05, 0.1) is 5.56 Å². The average Bonchev–Trinajstić information content (AvgIpc) is 2.76. The van der Waals surface area contributed by atoms with Crippen molar-refractivity contribution in [2.75, 3.05) is 6.61 Å². The van der Waals surface area contributed by atoms with Gasteiger partial charge in [0.25, 0.3) is 5.79 Å². The predicted molar refractivity (Wildman–Crippen MR) is 82.0 cm³/mol. The van der Waals surface area contributed by atoms with Crippen LogP contribution in [0, 0.1) is 5.92 Å². The molecule has 0 aromatic heterocycles. The molecule has 1 saturated heterocycles. The van der Waals surface area contributed by atoms with Gasteiger partial charge in [0.1, 0.15) is 12.7 Å². The fraction of sp³-hybridized carbons (Fsp3) is 0.471. The highest BCUT2D eigenvalue weighted by Crippen LogP contribution is 2.44. The lowest BCUT2D eigenvalue weighted by molar-refractivity contribution is -0.245. The summed E-state index contributed by atoms with van der Waals surface area (Å²) in [5.41, 5.74) is -2.07. The Hall–Kier alpha value is -2.09. The number of ketones is 2. The molecule has 0 saturated carbocycles. The van der Waals surface area contributed by atoms with E-state index < -0.39 is 40.9 Å². The van der Waals surface area contributed by atoms with Gasteiger partial charge < -0.3 is 19.7 Å². The number of hydrogen-bond donors (Lipinski definition) is 2. The largest absolute Gasteiger partial charge is 0.459 e. The Morgan fingerprint density at radius 1 is 1.12 bits per heavy atom. The van der Waals surface area contributed by atoms with Crippen LogP contribution in [0.5, 0.6) is 0 Å². The maximum absolute atomic E-state index is 12.0. The zero-order chi connectivity index (χ0) is 18.1. The number of esters is 1. The van der Waals surface area contributed by atoms with Crippen LogP contribution < -0.4 is 0 Å². The zero-order valence-corrected chi connectivity index (χ0v) is 13.7. The fourth-order valence-electron chi connectivity index (χ4n) is 2.89. The molecule has 1 fully saturated rings. The summed E-state index contributed by atoms with van der Waals surface area (Å²) in [5, 5.41) is 21.0. The third-order valence-electron chi connectivity index (χ3n) is 4.46. The van der Waals surface area contributed by atoms with E-state index in [1.807, 2.05) is 0 Å². The Labute approximate surface area is 139 Å². The van der Waals surface area contributed by atoms with Gasteiger partial charge >= 0.3 is 5.97 Å². The van der Waals surface area contributed by atoms with Crippen molar-refractivity contribution >= 4 is 17.5 Å². The summed E-state index contributed by atoms with van der Waals surface area (Å²) in [6, 6.07) is 8.24. The smallest absolute Gasteiger partial charge is 0.338 e. The van der Waals surface area contributed by atoms with Gasteiger partial charge in [-0.3, -0.25) is 9.59 Å². The number of carbonyl (C=O) groups excluding carboxylic acids is 3. The number of Topliss-reactive ketones (excluding diaryl/α,β-unsaturated/α-hetero) is 2. The zero-order valence-electron chi connectivity index (χ0n) is 13.7. The minimum absolute atomic E-state index is 0.319. The Balaban J connectivity index is 2.17. The molecule has 1 aromatic carbocycles. The summed E-state index contributed by atoms with van der Waals surface area (Å²) < 4.78 is 10.4. The lowest BCUT2D eigenvalue weighted by Gasteiger charge is -2.34. The van der Waals surface area contributed by atoms with Crippen molar-refractivity contribution in [3.05, 3.63) is 35.9 Å². The first-order valence-electron chi connectivity index (χ1n) is 7.51. The van der Waals surface area contributed by atoms with Gasteiger partial charge in [-0.25, -0.2) is 4.79 Å². The normalized spacial score (nSPS) is 32.4. The number of ether oxygens (including phenoxy) is 2. The van der Waals surface area contributed by atoms with Crippen LogP contribution >= 0.6 is 0 Å². The Morgan fingerprint density at radius 3 is 2.17 bits per heavy atom. The van der Waals surface area contributed by atoms with Crippen LogP contribution in [0.2, 0.25) is 0 Å². The highest BCUT2D eigenvalue weighted by atomic mass is 16.7. The highest BCUT2D eigenvalue weighted by molar-refractivity contribution is 5.97. The van der Waals surface area contributed by atoms with Gasteiger partial charge in [-0.05, 0) is 19.1 Å². The molecule has 4 atom stereocenters. The van der Waals surface area contributed by atoms with Gasteiger partial charge in [-0.1, -0.05) is 25.1 Å². The Morgan fingerprint density at radius 2 is 1.71 bits per heavy atom. The van der Waals surface area contributed by atoms with Crippen LogP contribution in [-0.4, -0.2) is 51.8 Å². The molecule has 1 aliphatic rings. The van der Waals surface area contributed by atoms with E-state index in [4.69, 9.17) is 9.47 Å². The van der Waals surface area contributed by atoms with Crippen molar-refractivity contribution in [2.45, 2.75) is 38.3 Å². The third-order valence-corrected chi connectivity index (χ3v) is 4.46. The second-order valence-corrected chi connectivity index (χ2v) is 5.93. The van der Waals surface area contributed by atoms with E-state index in [0.29, 0.717) is 5.56 Å². The van der Waals surface area contributed by atoms with Gasteiger partial charge in [0.2, 0.25) is 0 Å². The van der Waals surface area contributed by atoms with Gasteiger partial charge in [-0.2, -0.15) is 0 Å². The van der Waals surface area contributed by atoms with Gasteiger partial charge in [0, 0.05) is 12.8 Å². The SMILES string of the molecule is CC(=O)[C@]1(O)O[C@H](COC(=O)c2ccccc2)[C@@H](C)[C@]1(O)C(C)=O. The summed E-state index contributed by atoms with van der Waals surface area (Å²) in [7, 11) is 0. The molecule has 1 aromatic rings.